The summed E-state index contributed by atoms with van der Waals surface area (Å²) in [6.07, 6.45) is 11.1. The Morgan fingerprint density at radius 2 is 1.68 bits per heavy atom. The number of aromatic nitrogens is 1. The third kappa shape index (κ3) is 4.29. The van der Waals surface area contributed by atoms with Crippen LogP contribution < -0.4 is 9.47 Å². The van der Waals surface area contributed by atoms with Gasteiger partial charge < -0.3 is 14.4 Å². The maximum absolute atomic E-state index is 12.6. The van der Waals surface area contributed by atoms with Crippen LogP contribution in [0.4, 0.5) is 0 Å². The molecule has 168 valence electrons. The number of imide groups is 1. The first kappa shape index (κ1) is 20.7. The molecule has 31 heavy (non-hydrogen) atoms. The molecular formula is C24H33N3O4. The van der Waals surface area contributed by atoms with Gasteiger partial charge in [-0.3, -0.25) is 14.5 Å². The zero-order valence-electron chi connectivity index (χ0n) is 18.3. The number of piperidine rings is 2. The Hall–Kier alpha value is -2.15. The highest BCUT2D eigenvalue weighted by molar-refractivity contribution is 5.98. The van der Waals surface area contributed by atoms with Crippen LogP contribution in [0.2, 0.25) is 0 Å². The van der Waals surface area contributed by atoms with Crippen LogP contribution in [0.15, 0.2) is 18.3 Å². The van der Waals surface area contributed by atoms with Crippen molar-refractivity contribution >= 4 is 11.8 Å². The molecule has 1 saturated carbocycles. The Bertz CT molecular complexity index is 808. The second-order valence-corrected chi connectivity index (χ2v) is 9.93. The van der Waals surface area contributed by atoms with Gasteiger partial charge in [0.15, 0.2) is 5.75 Å². The summed E-state index contributed by atoms with van der Waals surface area (Å²) in [6.45, 7) is 4.08. The second-order valence-electron chi connectivity index (χ2n) is 9.93. The molecule has 0 aromatic carbocycles. The fourth-order valence-electron chi connectivity index (χ4n) is 5.82. The van der Waals surface area contributed by atoms with Crippen molar-refractivity contribution < 1.29 is 19.1 Å². The molecule has 2 amide bonds. The standard InChI is InChI=1S/C24H33N3O4/c28-20-16-23(7-1-2-8-23)17-21(29)27(20)13-4-3-12-26-14-9-24(10-15-26)18-30-22-19(31-24)6-5-11-25-22/h5-6,11H,1-4,7-10,12-18H2. The third-order valence-corrected chi connectivity index (χ3v) is 7.73. The van der Waals surface area contributed by atoms with Gasteiger partial charge in [-0.25, -0.2) is 4.98 Å². The van der Waals surface area contributed by atoms with E-state index in [0.29, 0.717) is 31.9 Å². The van der Waals surface area contributed by atoms with E-state index in [1.807, 2.05) is 12.1 Å². The maximum atomic E-state index is 12.6. The van der Waals surface area contributed by atoms with Crippen molar-refractivity contribution in [3.8, 4) is 11.6 Å². The van der Waals surface area contributed by atoms with Crippen molar-refractivity contribution in [3.05, 3.63) is 18.3 Å². The van der Waals surface area contributed by atoms with Crippen molar-refractivity contribution in [2.75, 3.05) is 32.8 Å². The van der Waals surface area contributed by atoms with Gasteiger partial charge in [0.2, 0.25) is 11.8 Å². The van der Waals surface area contributed by atoms with Crippen LogP contribution in [0, 0.1) is 5.41 Å². The van der Waals surface area contributed by atoms with E-state index in [2.05, 4.69) is 9.88 Å². The summed E-state index contributed by atoms with van der Waals surface area (Å²) in [7, 11) is 0. The lowest BCUT2D eigenvalue weighted by atomic mass is 9.76. The molecule has 0 bridgehead atoms. The van der Waals surface area contributed by atoms with E-state index in [-0.39, 0.29) is 22.8 Å². The van der Waals surface area contributed by atoms with Gasteiger partial charge in [0.05, 0.1) is 0 Å². The minimum absolute atomic E-state index is 0.00406. The van der Waals surface area contributed by atoms with Gasteiger partial charge in [0.25, 0.3) is 5.88 Å². The molecule has 3 aliphatic heterocycles. The van der Waals surface area contributed by atoms with Crippen LogP contribution in [-0.4, -0.2) is 65.0 Å². The van der Waals surface area contributed by atoms with Crippen LogP contribution in [-0.2, 0) is 9.59 Å². The van der Waals surface area contributed by atoms with E-state index in [0.717, 1.165) is 76.8 Å². The first-order valence-corrected chi connectivity index (χ1v) is 11.9. The molecule has 0 unspecified atom stereocenters. The number of rotatable bonds is 5. The Labute approximate surface area is 184 Å². The van der Waals surface area contributed by atoms with Crippen LogP contribution in [0.1, 0.15) is 64.2 Å². The predicted octanol–water partition coefficient (Wildman–Crippen LogP) is 3.18. The SMILES string of the molecule is O=C1CC2(CCCC2)CC(=O)N1CCCCN1CCC2(CC1)COc1ncccc1O2. The minimum atomic E-state index is -0.241. The molecule has 7 heteroatoms. The van der Waals surface area contributed by atoms with Gasteiger partial charge in [-0.1, -0.05) is 12.8 Å². The highest BCUT2D eigenvalue weighted by Crippen LogP contribution is 2.47. The molecule has 4 aliphatic rings. The Balaban J connectivity index is 1.04. The number of likely N-dealkylation sites (tertiary alicyclic amines) is 2. The van der Waals surface area contributed by atoms with E-state index in [4.69, 9.17) is 9.47 Å². The summed E-state index contributed by atoms with van der Waals surface area (Å²) < 4.78 is 12.1. The fraction of sp³-hybridized carbons (Fsp3) is 0.708. The summed E-state index contributed by atoms with van der Waals surface area (Å²) in [4.78, 5) is 33.4. The number of pyridine rings is 1. The van der Waals surface area contributed by atoms with Crippen molar-refractivity contribution in [1.29, 1.82) is 0 Å². The monoisotopic (exact) mass is 427 g/mol. The van der Waals surface area contributed by atoms with Crippen LogP contribution in [0.25, 0.3) is 0 Å². The quantitative estimate of drug-likeness (QED) is 0.531. The van der Waals surface area contributed by atoms with Gasteiger partial charge >= 0.3 is 0 Å². The molecule has 7 nitrogen and oxygen atoms in total. The number of carbonyl (C=O) groups is 2. The molecule has 2 spiro atoms. The number of hydrogen-bond acceptors (Lipinski definition) is 6. The zero-order chi connectivity index (χ0) is 21.3. The molecule has 0 N–H and O–H groups in total. The van der Waals surface area contributed by atoms with Crippen molar-refractivity contribution in [1.82, 2.24) is 14.8 Å². The van der Waals surface area contributed by atoms with E-state index < -0.39 is 0 Å². The van der Waals surface area contributed by atoms with Crippen molar-refractivity contribution in [2.45, 2.75) is 69.8 Å². The topological polar surface area (TPSA) is 72.0 Å². The van der Waals surface area contributed by atoms with E-state index >= 15 is 0 Å². The largest absolute Gasteiger partial charge is 0.478 e. The second kappa shape index (κ2) is 8.41. The number of nitrogens with zero attached hydrogens (tertiary/aromatic N) is 3. The van der Waals surface area contributed by atoms with Gasteiger partial charge in [-0.2, -0.15) is 0 Å². The molecule has 5 rings (SSSR count). The predicted molar refractivity (Wildman–Crippen MR) is 115 cm³/mol. The van der Waals surface area contributed by atoms with E-state index in [1.165, 1.54) is 4.90 Å². The molecule has 3 fully saturated rings. The summed E-state index contributed by atoms with van der Waals surface area (Å²) in [5.41, 5.74) is -0.245. The highest BCUT2D eigenvalue weighted by atomic mass is 16.6. The van der Waals surface area contributed by atoms with Gasteiger partial charge in [0.1, 0.15) is 12.2 Å². The summed E-state index contributed by atoms with van der Waals surface area (Å²) in [5, 5.41) is 0. The van der Waals surface area contributed by atoms with Crippen molar-refractivity contribution in [2.24, 2.45) is 5.41 Å². The molecule has 2 saturated heterocycles. The van der Waals surface area contributed by atoms with Gasteiger partial charge in [0, 0.05) is 51.5 Å². The average molecular weight is 428 g/mol. The fourth-order valence-corrected chi connectivity index (χ4v) is 5.82. The molecule has 1 aliphatic carbocycles. The highest BCUT2D eigenvalue weighted by Gasteiger charge is 2.45. The normalized spacial score (nSPS) is 24.8. The average Bonchev–Trinajstić information content (AvgIpc) is 3.21. The molecule has 0 atom stereocenters. The zero-order valence-corrected chi connectivity index (χ0v) is 18.3. The molecule has 4 heterocycles. The molecule has 1 aromatic heterocycles. The lowest BCUT2D eigenvalue weighted by Crippen LogP contribution is -2.53. The molecular weight excluding hydrogens is 394 g/mol. The lowest BCUT2D eigenvalue weighted by Gasteiger charge is -2.43. The van der Waals surface area contributed by atoms with Gasteiger partial charge in [-0.15, -0.1) is 0 Å². The summed E-state index contributed by atoms with van der Waals surface area (Å²) >= 11 is 0. The lowest BCUT2D eigenvalue weighted by molar-refractivity contribution is -0.153. The number of ether oxygens (including phenoxy) is 2. The molecule has 1 aromatic rings. The first-order valence-electron chi connectivity index (χ1n) is 11.9. The number of unbranched alkanes of at least 4 members (excludes halogenated alkanes) is 1. The summed E-state index contributed by atoms with van der Waals surface area (Å²) in [6, 6.07) is 3.80. The van der Waals surface area contributed by atoms with Crippen LogP contribution >= 0.6 is 0 Å². The van der Waals surface area contributed by atoms with Crippen molar-refractivity contribution in [3.63, 3.8) is 0 Å². The van der Waals surface area contributed by atoms with E-state index in [9.17, 15) is 9.59 Å². The number of carbonyl (C=O) groups excluding carboxylic acids is 2. The number of amides is 2. The smallest absolute Gasteiger partial charge is 0.257 e. The number of fused-ring (bicyclic) bond motifs is 1. The first-order chi connectivity index (χ1) is 15.1. The molecule has 0 radical (unpaired) electrons. The third-order valence-electron chi connectivity index (χ3n) is 7.73. The Morgan fingerprint density at radius 1 is 0.968 bits per heavy atom. The number of hydrogen-bond donors (Lipinski definition) is 0. The Kier molecular flexibility index (Phi) is 5.63. The van der Waals surface area contributed by atoms with E-state index in [1.54, 1.807) is 6.20 Å². The van der Waals surface area contributed by atoms with Gasteiger partial charge in [-0.05, 0) is 49.8 Å². The maximum Gasteiger partial charge on any atom is 0.257 e. The Morgan fingerprint density at radius 3 is 2.42 bits per heavy atom. The van der Waals surface area contributed by atoms with Crippen LogP contribution in [0.3, 0.4) is 0 Å². The van der Waals surface area contributed by atoms with Crippen LogP contribution in [0.5, 0.6) is 11.6 Å². The minimum Gasteiger partial charge on any atom is -0.478 e. The summed E-state index contributed by atoms with van der Waals surface area (Å²) in [5.74, 6) is 1.46.